The number of unbranched alkanes of at least 4 members (excludes halogenated alkanes) is 4. The van der Waals surface area contributed by atoms with Gasteiger partial charge in [-0.3, -0.25) is 4.79 Å². The van der Waals surface area contributed by atoms with E-state index < -0.39 is 8.32 Å². The SMILES string of the molecule is CCCCCCC(CO[Si](c1ccccc1)(c1ccccc1)C(C)(C)C)OC(=O)CCCCC1CCSS1. The van der Waals surface area contributed by atoms with Crippen molar-refractivity contribution in [3.05, 3.63) is 60.7 Å². The van der Waals surface area contributed by atoms with Gasteiger partial charge >= 0.3 is 5.97 Å². The van der Waals surface area contributed by atoms with E-state index in [4.69, 9.17) is 9.16 Å². The van der Waals surface area contributed by atoms with E-state index in [1.165, 1.54) is 48.2 Å². The predicted octanol–water partition coefficient (Wildman–Crippen LogP) is 8.16. The zero-order valence-corrected chi connectivity index (χ0v) is 26.6. The van der Waals surface area contributed by atoms with Gasteiger partial charge in [0.05, 0.1) is 6.61 Å². The molecule has 2 unspecified atom stereocenters. The van der Waals surface area contributed by atoms with Gasteiger partial charge in [-0.2, -0.15) is 0 Å². The van der Waals surface area contributed by atoms with Gasteiger partial charge in [0.25, 0.3) is 8.32 Å². The Morgan fingerprint density at radius 1 is 0.947 bits per heavy atom. The lowest BCUT2D eigenvalue weighted by Gasteiger charge is -2.43. The highest BCUT2D eigenvalue weighted by molar-refractivity contribution is 8.77. The van der Waals surface area contributed by atoms with Crippen molar-refractivity contribution in [2.45, 2.75) is 108 Å². The molecule has 3 rings (SSSR count). The third-order valence-corrected chi connectivity index (χ3v) is 15.5. The minimum Gasteiger partial charge on any atom is -0.460 e. The Hall–Kier alpha value is -1.21. The van der Waals surface area contributed by atoms with Crippen molar-refractivity contribution in [3.63, 3.8) is 0 Å². The molecule has 1 aliphatic heterocycles. The van der Waals surface area contributed by atoms with Gasteiger partial charge in [-0.1, -0.05) is 136 Å². The van der Waals surface area contributed by atoms with Crippen molar-refractivity contribution in [2.75, 3.05) is 12.4 Å². The Kier molecular flexibility index (Phi) is 13.3. The fourth-order valence-corrected chi connectivity index (χ4v) is 13.0. The molecule has 0 spiro atoms. The largest absolute Gasteiger partial charge is 0.460 e. The third-order valence-electron chi connectivity index (χ3n) is 7.46. The van der Waals surface area contributed by atoms with E-state index in [-0.39, 0.29) is 17.1 Å². The first-order valence-corrected chi connectivity index (χ1v) is 18.9. The van der Waals surface area contributed by atoms with E-state index in [0.29, 0.717) is 13.0 Å². The maximum absolute atomic E-state index is 12.9. The summed E-state index contributed by atoms with van der Waals surface area (Å²) in [7, 11) is 1.35. The molecule has 1 heterocycles. The second kappa shape index (κ2) is 16.1. The molecule has 38 heavy (non-hydrogen) atoms. The van der Waals surface area contributed by atoms with Crippen LogP contribution in [0.2, 0.25) is 5.04 Å². The number of carbonyl (C=O) groups is 1. The highest BCUT2D eigenvalue weighted by Gasteiger charge is 2.50. The molecule has 2 aromatic rings. The van der Waals surface area contributed by atoms with Crippen LogP contribution in [0.5, 0.6) is 0 Å². The molecule has 1 saturated heterocycles. The monoisotopic (exact) mass is 572 g/mol. The minimum absolute atomic E-state index is 0.0648. The summed E-state index contributed by atoms with van der Waals surface area (Å²) < 4.78 is 13.3. The van der Waals surface area contributed by atoms with Gasteiger partial charge in [-0.15, -0.1) is 0 Å². The van der Waals surface area contributed by atoms with Crippen molar-refractivity contribution >= 4 is 46.2 Å². The number of hydrogen-bond acceptors (Lipinski definition) is 5. The third kappa shape index (κ3) is 9.18. The van der Waals surface area contributed by atoms with Crippen LogP contribution in [0.4, 0.5) is 0 Å². The van der Waals surface area contributed by atoms with Gasteiger partial charge < -0.3 is 9.16 Å². The molecule has 6 heteroatoms. The highest BCUT2D eigenvalue weighted by atomic mass is 33.1. The van der Waals surface area contributed by atoms with Gasteiger partial charge in [-0.05, 0) is 47.5 Å². The molecule has 210 valence electrons. The molecule has 2 atom stereocenters. The average Bonchev–Trinajstić information content (AvgIpc) is 3.43. The van der Waals surface area contributed by atoms with Crippen LogP contribution in [-0.4, -0.2) is 38.0 Å². The average molecular weight is 573 g/mol. The van der Waals surface area contributed by atoms with Crippen LogP contribution in [0.15, 0.2) is 60.7 Å². The van der Waals surface area contributed by atoms with Crippen molar-refractivity contribution < 1.29 is 14.0 Å². The van der Waals surface area contributed by atoms with Gasteiger partial charge in [0.15, 0.2) is 0 Å². The molecule has 0 aromatic heterocycles. The number of rotatable bonds is 16. The van der Waals surface area contributed by atoms with Crippen LogP contribution in [0.1, 0.15) is 91.9 Å². The maximum atomic E-state index is 12.9. The number of hydrogen-bond donors (Lipinski definition) is 0. The molecular formula is C32H48O3S2Si. The summed E-state index contributed by atoms with van der Waals surface area (Å²) in [6.07, 6.45) is 10.3. The molecular weight excluding hydrogens is 525 g/mol. The summed E-state index contributed by atoms with van der Waals surface area (Å²) in [6.45, 7) is 9.56. The van der Waals surface area contributed by atoms with E-state index in [9.17, 15) is 4.79 Å². The molecule has 0 N–H and O–H groups in total. The van der Waals surface area contributed by atoms with E-state index in [2.05, 4.69) is 88.4 Å². The smallest absolute Gasteiger partial charge is 0.306 e. The Bertz CT molecular complexity index is 887. The summed E-state index contributed by atoms with van der Waals surface area (Å²) in [5.74, 6) is 1.20. The fourth-order valence-electron chi connectivity index (χ4n) is 5.41. The van der Waals surface area contributed by atoms with E-state index in [1.54, 1.807) is 0 Å². The zero-order chi connectivity index (χ0) is 27.3. The molecule has 0 radical (unpaired) electrons. The van der Waals surface area contributed by atoms with Crippen molar-refractivity contribution in [3.8, 4) is 0 Å². The summed E-state index contributed by atoms with van der Waals surface area (Å²) in [5.41, 5.74) is 0. The van der Waals surface area contributed by atoms with Gasteiger partial charge in [0.2, 0.25) is 0 Å². The van der Waals surface area contributed by atoms with Crippen LogP contribution < -0.4 is 10.4 Å². The van der Waals surface area contributed by atoms with E-state index in [1.807, 2.05) is 21.6 Å². The summed E-state index contributed by atoms with van der Waals surface area (Å²) in [6, 6.07) is 21.4. The lowest BCUT2D eigenvalue weighted by molar-refractivity contribution is -0.151. The van der Waals surface area contributed by atoms with E-state index in [0.717, 1.165) is 30.9 Å². The Morgan fingerprint density at radius 3 is 2.16 bits per heavy atom. The number of esters is 1. The van der Waals surface area contributed by atoms with Crippen LogP contribution in [0.3, 0.4) is 0 Å². The van der Waals surface area contributed by atoms with Gasteiger partial charge in [0.1, 0.15) is 6.10 Å². The lowest BCUT2D eigenvalue weighted by atomic mass is 10.1. The Balaban J connectivity index is 1.72. The molecule has 0 aliphatic carbocycles. The zero-order valence-electron chi connectivity index (χ0n) is 24.0. The maximum Gasteiger partial charge on any atom is 0.306 e. The summed E-state index contributed by atoms with van der Waals surface area (Å²) in [4.78, 5) is 12.9. The molecule has 0 amide bonds. The number of ether oxygens (including phenoxy) is 1. The first-order valence-electron chi connectivity index (χ1n) is 14.6. The molecule has 3 nitrogen and oxygen atoms in total. The minimum atomic E-state index is -2.66. The van der Waals surface area contributed by atoms with Gasteiger partial charge in [0, 0.05) is 17.4 Å². The lowest BCUT2D eigenvalue weighted by Crippen LogP contribution is -2.67. The van der Waals surface area contributed by atoms with Crippen LogP contribution in [0, 0.1) is 0 Å². The topological polar surface area (TPSA) is 35.5 Å². The quantitative estimate of drug-likeness (QED) is 0.0877. The molecule has 1 fully saturated rings. The van der Waals surface area contributed by atoms with Crippen LogP contribution in [0.25, 0.3) is 0 Å². The number of benzene rings is 2. The number of carbonyl (C=O) groups excluding carboxylic acids is 1. The standard InChI is InChI=1S/C32H48O3S2Si/c1-5-6-7-10-17-27(35-31(33)23-16-15-18-28-24-25-36-37-28)26-34-38(32(2,3)4,29-19-11-8-12-20-29)30-21-13-9-14-22-30/h8-9,11-14,19-22,27-28H,5-7,10,15-18,23-26H2,1-4H3. The molecule has 0 saturated carbocycles. The second-order valence-corrected chi connectivity index (χ2v) is 18.6. The van der Waals surface area contributed by atoms with Crippen molar-refractivity contribution in [1.29, 1.82) is 0 Å². The first kappa shape index (κ1) is 31.3. The second-order valence-electron chi connectivity index (χ2n) is 11.5. The van der Waals surface area contributed by atoms with Crippen molar-refractivity contribution in [2.24, 2.45) is 0 Å². The molecule has 0 bridgehead atoms. The normalized spacial score (nSPS) is 16.9. The molecule has 1 aliphatic rings. The van der Waals surface area contributed by atoms with Crippen molar-refractivity contribution in [1.82, 2.24) is 0 Å². The fraction of sp³-hybridized carbons (Fsp3) is 0.594. The van der Waals surface area contributed by atoms with Crippen LogP contribution in [-0.2, 0) is 14.0 Å². The van der Waals surface area contributed by atoms with E-state index >= 15 is 0 Å². The summed E-state index contributed by atoms with van der Waals surface area (Å²) >= 11 is 0. The highest BCUT2D eigenvalue weighted by Crippen LogP contribution is 2.40. The van der Waals surface area contributed by atoms with Crippen LogP contribution >= 0.6 is 21.6 Å². The van der Waals surface area contributed by atoms with Gasteiger partial charge in [-0.25, -0.2) is 0 Å². The summed E-state index contributed by atoms with van der Waals surface area (Å²) in [5, 5.41) is 3.20. The first-order chi connectivity index (χ1) is 18.4. The Morgan fingerprint density at radius 2 is 1.61 bits per heavy atom. The Labute approximate surface area is 240 Å². The molecule has 2 aromatic carbocycles. The predicted molar refractivity (Wildman–Crippen MR) is 169 cm³/mol.